The molecule has 14 heavy (non-hydrogen) atoms. The summed E-state index contributed by atoms with van der Waals surface area (Å²) in [6.07, 6.45) is 0.163. The number of rotatable bonds is 3. The first kappa shape index (κ1) is 11.3. The lowest BCUT2D eigenvalue weighted by molar-refractivity contribution is 0.195. The van der Waals surface area contributed by atoms with E-state index in [0.717, 1.165) is 11.1 Å². The summed E-state index contributed by atoms with van der Waals surface area (Å²) >= 11 is 6.09. The van der Waals surface area contributed by atoms with Crippen molar-refractivity contribution in [2.24, 2.45) is 0 Å². The van der Waals surface area contributed by atoms with Gasteiger partial charge in [0.15, 0.2) is 0 Å². The van der Waals surface area contributed by atoms with Crippen LogP contribution in [0.5, 0.6) is 5.75 Å². The third-order valence-electron chi connectivity index (χ3n) is 1.99. The van der Waals surface area contributed by atoms with E-state index in [0.29, 0.717) is 17.2 Å². The predicted octanol–water partition coefficient (Wildman–Crippen LogP) is 2.58. The third kappa shape index (κ3) is 2.63. The fraction of sp³-hybridized carbons (Fsp3) is 0.455. The van der Waals surface area contributed by atoms with Crippen LogP contribution in [0.3, 0.4) is 0 Å². The van der Waals surface area contributed by atoms with Crippen molar-refractivity contribution in [2.75, 3.05) is 7.11 Å². The van der Waals surface area contributed by atoms with Crippen molar-refractivity contribution in [2.45, 2.75) is 26.4 Å². The smallest absolute Gasteiger partial charge is 0.137 e. The van der Waals surface area contributed by atoms with E-state index in [1.54, 1.807) is 14.0 Å². The number of aliphatic hydroxyl groups is 1. The first-order valence-electron chi connectivity index (χ1n) is 4.55. The zero-order valence-electron chi connectivity index (χ0n) is 8.67. The second-order valence-corrected chi connectivity index (χ2v) is 3.87. The van der Waals surface area contributed by atoms with Gasteiger partial charge in [-0.2, -0.15) is 0 Å². The topological polar surface area (TPSA) is 29.5 Å². The number of halogens is 1. The van der Waals surface area contributed by atoms with Gasteiger partial charge in [0.2, 0.25) is 0 Å². The second-order valence-electron chi connectivity index (χ2n) is 3.49. The average Bonchev–Trinajstić information content (AvgIpc) is 2.09. The summed E-state index contributed by atoms with van der Waals surface area (Å²) in [5.41, 5.74) is 2.01. The molecule has 1 rings (SSSR count). The van der Waals surface area contributed by atoms with E-state index in [-0.39, 0.29) is 6.10 Å². The molecule has 3 heteroatoms. The van der Waals surface area contributed by atoms with Crippen LogP contribution in [0.25, 0.3) is 0 Å². The third-order valence-corrected chi connectivity index (χ3v) is 2.42. The molecule has 1 aromatic carbocycles. The van der Waals surface area contributed by atoms with E-state index >= 15 is 0 Å². The molecule has 0 aliphatic heterocycles. The molecule has 0 saturated heterocycles. The highest BCUT2D eigenvalue weighted by Crippen LogP contribution is 2.30. The zero-order valence-corrected chi connectivity index (χ0v) is 9.43. The molecule has 0 aliphatic rings. The van der Waals surface area contributed by atoms with Crippen LogP contribution in [0.4, 0.5) is 0 Å². The van der Waals surface area contributed by atoms with Crippen LogP contribution in [0, 0.1) is 6.92 Å². The highest BCUT2D eigenvalue weighted by molar-refractivity contribution is 6.32. The Morgan fingerprint density at radius 2 is 2.14 bits per heavy atom. The Morgan fingerprint density at radius 1 is 1.50 bits per heavy atom. The molecule has 0 radical (unpaired) electrons. The van der Waals surface area contributed by atoms with E-state index in [4.69, 9.17) is 16.3 Å². The lowest BCUT2D eigenvalue weighted by atomic mass is 10.1. The molecule has 78 valence electrons. The molecule has 2 nitrogen and oxygen atoms in total. The van der Waals surface area contributed by atoms with Gasteiger partial charge in [-0.25, -0.2) is 0 Å². The maximum absolute atomic E-state index is 9.29. The molecule has 0 fully saturated rings. The molecular formula is C11H15ClO2. The Balaban J connectivity index is 3.08. The van der Waals surface area contributed by atoms with Gasteiger partial charge in [0.05, 0.1) is 18.2 Å². The normalized spacial score (nSPS) is 12.6. The molecule has 0 heterocycles. The van der Waals surface area contributed by atoms with E-state index in [1.165, 1.54) is 0 Å². The molecule has 0 amide bonds. The van der Waals surface area contributed by atoms with Crippen LogP contribution in [0.1, 0.15) is 18.1 Å². The SMILES string of the molecule is COc1cc(C)cc(CC(C)O)c1Cl. The van der Waals surface area contributed by atoms with Crippen molar-refractivity contribution in [3.8, 4) is 5.75 Å². The van der Waals surface area contributed by atoms with E-state index in [2.05, 4.69) is 0 Å². The Hall–Kier alpha value is -0.730. The molecule has 1 unspecified atom stereocenters. The van der Waals surface area contributed by atoms with Gasteiger partial charge in [0.1, 0.15) is 5.75 Å². The van der Waals surface area contributed by atoms with Gasteiger partial charge in [-0.15, -0.1) is 0 Å². The predicted molar refractivity (Wildman–Crippen MR) is 58.1 cm³/mol. The summed E-state index contributed by atoms with van der Waals surface area (Å²) in [5, 5.41) is 9.88. The van der Waals surface area contributed by atoms with Crippen LogP contribution in [-0.4, -0.2) is 18.3 Å². The highest BCUT2D eigenvalue weighted by atomic mass is 35.5. The van der Waals surface area contributed by atoms with Crippen molar-refractivity contribution >= 4 is 11.6 Å². The standard InChI is InChI=1S/C11H15ClO2/c1-7-4-9(6-8(2)13)11(12)10(5-7)14-3/h4-5,8,13H,6H2,1-3H3. The van der Waals surface area contributed by atoms with Crippen molar-refractivity contribution in [1.29, 1.82) is 0 Å². The fourth-order valence-electron chi connectivity index (χ4n) is 1.42. The molecular weight excluding hydrogens is 200 g/mol. The number of methoxy groups -OCH3 is 1. The maximum atomic E-state index is 9.29. The Morgan fingerprint density at radius 3 is 2.64 bits per heavy atom. The summed E-state index contributed by atoms with van der Waals surface area (Å²) in [6.45, 7) is 3.72. The summed E-state index contributed by atoms with van der Waals surface area (Å²) in [4.78, 5) is 0. The molecule has 0 aromatic heterocycles. The average molecular weight is 215 g/mol. The Kier molecular flexibility index (Phi) is 3.78. The summed E-state index contributed by atoms with van der Waals surface area (Å²) in [6, 6.07) is 3.85. The van der Waals surface area contributed by atoms with E-state index in [9.17, 15) is 5.11 Å². The minimum absolute atomic E-state index is 0.390. The largest absolute Gasteiger partial charge is 0.495 e. The fourth-order valence-corrected chi connectivity index (χ4v) is 1.69. The maximum Gasteiger partial charge on any atom is 0.137 e. The highest BCUT2D eigenvalue weighted by Gasteiger charge is 2.09. The quantitative estimate of drug-likeness (QED) is 0.838. The van der Waals surface area contributed by atoms with Crippen molar-refractivity contribution < 1.29 is 9.84 Å². The first-order chi connectivity index (χ1) is 6.54. The van der Waals surface area contributed by atoms with Gasteiger partial charge in [-0.1, -0.05) is 17.7 Å². The van der Waals surface area contributed by atoms with Crippen molar-refractivity contribution in [3.63, 3.8) is 0 Å². The first-order valence-corrected chi connectivity index (χ1v) is 4.93. The summed E-state index contributed by atoms with van der Waals surface area (Å²) < 4.78 is 5.13. The zero-order chi connectivity index (χ0) is 10.7. The van der Waals surface area contributed by atoms with Crippen LogP contribution in [-0.2, 0) is 6.42 Å². The lowest BCUT2D eigenvalue weighted by Crippen LogP contribution is -2.05. The van der Waals surface area contributed by atoms with E-state index < -0.39 is 0 Å². The minimum atomic E-state index is -0.390. The van der Waals surface area contributed by atoms with Gasteiger partial charge in [-0.3, -0.25) is 0 Å². The molecule has 0 saturated carbocycles. The van der Waals surface area contributed by atoms with Gasteiger partial charge in [-0.05, 0) is 37.5 Å². The Bertz CT molecular complexity index is 321. The molecule has 1 N–H and O–H groups in total. The summed E-state index contributed by atoms with van der Waals surface area (Å²) in [5.74, 6) is 0.669. The van der Waals surface area contributed by atoms with Gasteiger partial charge in [0.25, 0.3) is 0 Å². The minimum Gasteiger partial charge on any atom is -0.495 e. The van der Waals surface area contributed by atoms with Crippen LogP contribution in [0.2, 0.25) is 5.02 Å². The van der Waals surface area contributed by atoms with Crippen molar-refractivity contribution in [3.05, 3.63) is 28.3 Å². The Labute approximate surface area is 89.5 Å². The number of aliphatic hydroxyl groups excluding tert-OH is 1. The van der Waals surface area contributed by atoms with Crippen LogP contribution in [0.15, 0.2) is 12.1 Å². The second kappa shape index (κ2) is 4.67. The van der Waals surface area contributed by atoms with Gasteiger partial charge < -0.3 is 9.84 Å². The molecule has 1 atom stereocenters. The number of ether oxygens (including phenoxy) is 1. The molecule has 0 aliphatic carbocycles. The molecule has 1 aromatic rings. The van der Waals surface area contributed by atoms with Crippen LogP contribution < -0.4 is 4.74 Å². The summed E-state index contributed by atoms with van der Waals surface area (Å²) in [7, 11) is 1.59. The van der Waals surface area contributed by atoms with Gasteiger partial charge >= 0.3 is 0 Å². The molecule has 0 bridgehead atoms. The molecule has 0 spiro atoms. The monoisotopic (exact) mass is 214 g/mol. The van der Waals surface area contributed by atoms with Crippen molar-refractivity contribution in [1.82, 2.24) is 0 Å². The van der Waals surface area contributed by atoms with E-state index in [1.807, 2.05) is 19.1 Å². The number of benzene rings is 1. The number of hydrogen-bond acceptors (Lipinski definition) is 2. The van der Waals surface area contributed by atoms with Crippen LogP contribution >= 0.6 is 11.6 Å². The number of aryl methyl sites for hydroxylation is 1. The lowest BCUT2D eigenvalue weighted by Gasteiger charge is -2.11. The van der Waals surface area contributed by atoms with Gasteiger partial charge in [0, 0.05) is 0 Å². The number of hydrogen-bond donors (Lipinski definition) is 1.